The highest BCUT2D eigenvalue weighted by molar-refractivity contribution is 6.34. The van der Waals surface area contributed by atoms with Gasteiger partial charge in [-0.15, -0.1) is 0 Å². The first-order valence-electron chi connectivity index (χ1n) is 3.85. The third-order valence-electron chi connectivity index (χ3n) is 2.35. The van der Waals surface area contributed by atoms with Crippen LogP contribution in [0.1, 0.15) is 19.8 Å². The smallest absolute Gasteiger partial charge is 0.373 e. The average Bonchev–Trinajstić information content (AvgIpc) is 2.61. The second kappa shape index (κ2) is 2.20. The highest BCUT2D eigenvalue weighted by atomic mass is 16.7. The number of rotatable bonds is 2. The largest absolute Gasteiger partial charge is 0.475 e. The van der Waals surface area contributed by atoms with Crippen molar-refractivity contribution in [1.29, 1.82) is 0 Å². The molecule has 66 valence electrons. The van der Waals surface area contributed by atoms with Gasteiger partial charge < -0.3 is 5.11 Å². The summed E-state index contributed by atoms with van der Waals surface area (Å²) in [6.45, 7) is 2.04. The molecule has 1 unspecified atom stereocenters. The van der Waals surface area contributed by atoms with Crippen LogP contribution in [0.25, 0.3) is 0 Å². The van der Waals surface area contributed by atoms with Crippen molar-refractivity contribution in [2.24, 2.45) is 10.4 Å². The summed E-state index contributed by atoms with van der Waals surface area (Å²) >= 11 is 0. The summed E-state index contributed by atoms with van der Waals surface area (Å²) in [5.41, 5.74) is 2.36. The molecule has 12 heavy (non-hydrogen) atoms. The summed E-state index contributed by atoms with van der Waals surface area (Å²) in [4.78, 5) is 19.3. The van der Waals surface area contributed by atoms with Crippen molar-refractivity contribution >= 4 is 11.8 Å². The highest BCUT2D eigenvalue weighted by Gasteiger charge is 2.48. The monoisotopic (exact) mass is 170 g/mol. The Hall–Kier alpha value is -1.10. The Bertz CT molecular complexity index is 257. The molecule has 0 aromatic rings. The number of aliphatic carboxylic acids is 1. The molecule has 1 aliphatic carbocycles. The van der Waals surface area contributed by atoms with Crippen LogP contribution in [0.3, 0.4) is 0 Å². The number of nitrogens with one attached hydrogen (secondary N) is 1. The molecule has 0 amide bonds. The van der Waals surface area contributed by atoms with Crippen LogP contribution < -0.4 is 5.48 Å². The zero-order valence-corrected chi connectivity index (χ0v) is 6.70. The molecule has 0 bridgehead atoms. The predicted molar refractivity (Wildman–Crippen MR) is 40.4 cm³/mol. The Morgan fingerprint density at radius 3 is 2.92 bits per heavy atom. The van der Waals surface area contributed by atoms with Crippen molar-refractivity contribution in [3.05, 3.63) is 0 Å². The van der Waals surface area contributed by atoms with Crippen LogP contribution in [0, 0.1) is 5.41 Å². The second-order valence-electron chi connectivity index (χ2n) is 3.51. The molecular weight excluding hydrogens is 160 g/mol. The Labute approximate surface area is 69.4 Å². The Morgan fingerprint density at radius 2 is 2.50 bits per heavy atom. The van der Waals surface area contributed by atoms with Gasteiger partial charge in [0, 0.05) is 5.41 Å². The number of carboxylic acid groups (broad SMARTS) is 1. The molecule has 2 N–H and O–H groups in total. The number of aliphatic imine (C=N–C) groups is 1. The zero-order valence-electron chi connectivity index (χ0n) is 6.70. The molecule has 5 heteroatoms. The van der Waals surface area contributed by atoms with E-state index in [0.29, 0.717) is 0 Å². The molecule has 0 aromatic heterocycles. The van der Waals surface area contributed by atoms with Crippen LogP contribution in [0.4, 0.5) is 0 Å². The lowest BCUT2D eigenvalue weighted by molar-refractivity contribution is -0.130. The van der Waals surface area contributed by atoms with Crippen LogP contribution in [0.2, 0.25) is 0 Å². The van der Waals surface area contributed by atoms with Crippen molar-refractivity contribution in [3.63, 3.8) is 0 Å². The van der Waals surface area contributed by atoms with Crippen molar-refractivity contribution in [2.75, 3.05) is 0 Å². The Balaban J connectivity index is 2.09. The van der Waals surface area contributed by atoms with Gasteiger partial charge in [0.15, 0.2) is 6.23 Å². The van der Waals surface area contributed by atoms with E-state index in [0.717, 1.165) is 12.8 Å². The van der Waals surface area contributed by atoms with Gasteiger partial charge in [0.05, 0.1) is 0 Å². The molecule has 2 aliphatic rings. The summed E-state index contributed by atoms with van der Waals surface area (Å²) in [7, 11) is 0. The number of hydroxylamine groups is 1. The van der Waals surface area contributed by atoms with Gasteiger partial charge in [-0.05, 0) is 12.8 Å². The van der Waals surface area contributed by atoms with E-state index in [1.54, 1.807) is 0 Å². The molecule has 2 rings (SSSR count). The first kappa shape index (κ1) is 7.54. The number of carbonyl (C=O) groups is 1. The molecule has 0 radical (unpaired) electrons. The molecule has 1 heterocycles. The fraction of sp³-hybridized carbons (Fsp3) is 0.714. The van der Waals surface area contributed by atoms with Gasteiger partial charge in [0.2, 0.25) is 5.84 Å². The minimum absolute atomic E-state index is 0.0597. The number of hydrogen-bond donors (Lipinski definition) is 2. The quantitative estimate of drug-likeness (QED) is 0.618. The molecular formula is C7H10N2O3. The Morgan fingerprint density at radius 1 is 1.83 bits per heavy atom. The summed E-state index contributed by atoms with van der Waals surface area (Å²) in [5, 5.41) is 8.54. The molecule has 1 fully saturated rings. The first-order chi connectivity index (χ1) is 5.62. The maximum absolute atomic E-state index is 10.4. The van der Waals surface area contributed by atoms with Gasteiger partial charge in [0.1, 0.15) is 0 Å². The van der Waals surface area contributed by atoms with E-state index >= 15 is 0 Å². The average molecular weight is 170 g/mol. The fourth-order valence-electron chi connectivity index (χ4n) is 1.12. The zero-order chi connectivity index (χ0) is 8.77. The summed E-state index contributed by atoms with van der Waals surface area (Å²) < 4.78 is 0. The predicted octanol–water partition coefficient (Wildman–Crippen LogP) is 0.130. The van der Waals surface area contributed by atoms with Gasteiger partial charge in [-0.25, -0.2) is 20.1 Å². The lowest BCUT2D eigenvalue weighted by Gasteiger charge is -2.11. The first-order valence-corrected chi connectivity index (χ1v) is 3.85. The SMILES string of the molecule is CC1(C2N=C(C(=O)O)NO2)CC1. The van der Waals surface area contributed by atoms with E-state index in [1.165, 1.54) is 0 Å². The van der Waals surface area contributed by atoms with Crippen molar-refractivity contribution in [3.8, 4) is 0 Å². The molecule has 0 spiro atoms. The number of amidine groups is 1. The number of carboxylic acids is 1. The standard InChI is InChI=1S/C7H10N2O3/c1-7(2-3-7)6-8-4(5(10)11)9-12-6/h6H,2-3H2,1H3,(H,8,9)(H,10,11). The van der Waals surface area contributed by atoms with Crippen molar-refractivity contribution in [2.45, 2.75) is 26.0 Å². The van der Waals surface area contributed by atoms with Crippen LogP contribution in [0.5, 0.6) is 0 Å². The van der Waals surface area contributed by atoms with E-state index in [9.17, 15) is 4.79 Å². The molecule has 1 aliphatic heterocycles. The van der Waals surface area contributed by atoms with Crippen LogP contribution in [-0.2, 0) is 9.63 Å². The van der Waals surface area contributed by atoms with E-state index < -0.39 is 5.97 Å². The number of nitrogens with zero attached hydrogens (tertiary/aromatic N) is 1. The second-order valence-corrected chi connectivity index (χ2v) is 3.51. The summed E-state index contributed by atoms with van der Waals surface area (Å²) in [6, 6.07) is 0. The molecule has 0 saturated heterocycles. The lowest BCUT2D eigenvalue weighted by Crippen LogP contribution is -2.26. The van der Waals surface area contributed by atoms with Crippen molar-refractivity contribution < 1.29 is 14.7 Å². The third kappa shape index (κ3) is 1.06. The van der Waals surface area contributed by atoms with Gasteiger partial charge in [-0.2, -0.15) is 0 Å². The number of hydrogen-bond acceptors (Lipinski definition) is 4. The summed E-state index contributed by atoms with van der Waals surface area (Å²) in [6.07, 6.45) is 1.79. The van der Waals surface area contributed by atoms with E-state index in [-0.39, 0.29) is 17.5 Å². The van der Waals surface area contributed by atoms with Gasteiger partial charge >= 0.3 is 5.97 Å². The molecule has 5 nitrogen and oxygen atoms in total. The normalized spacial score (nSPS) is 30.8. The molecule has 0 aromatic carbocycles. The maximum Gasteiger partial charge on any atom is 0.373 e. The fourth-order valence-corrected chi connectivity index (χ4v) is 1.12. The topological polar surface area (TPSA) is 70.9 Å². The van der Waals surface area contributed by atoms with Crippen LogP contribution >= 0.6 is 0 Å². The van der Waals surface area contributed by atoms with Crippen molar-refractivity contribution in [1.82, 2.24) is 5.48 Å². The maximum atomic E-state index is 10.4. The summed E-state index contributed by atoms with van der Waals surface area (Å²) in [5.74, 6) is -1.16. The molecule has 1 saturated carbocycles. The van der Waals surface area contributed by atoms with E-state index in [2.05, 4.69) is 10.5 Å². The van der Waals surface area contributed by atoms with Gasteiger partial charge in [0.25, 0.3) is 0 Å². The van der Waals surface area contributed by atoms with Crippen LogP contribution in [0.15, 0.2) is 4.99 Å². The van der Waals surface area contributed by atoms with E-state index in [1.807, 2.05) is 6.92 Å². The minimum atomic E-state index is -1.07. The minimum Gasteiger partial charge on any atom is -0.475 e. The van der Waals surface area contributed by atoms with Gasteiger partial charge in [-0.3, -0.25) is 0 Å². The molecule has 1 atom stereocenters. The third-order valence-corrected chi connectivity index (χ3v) is 2.35. The highest BCUT2D eigenvalue weighted by Crippen LogP contribution is 2.50. The van der Waals surface area contributed by atoms with Crippen LogP contribution in [-0.4, -0.2) is 23.1 Å². The lowest BCUT2D eigenvalue weighted by atomic mass is 10.1. The Kier molecular flexibility index (Phi) is 1.38. The van der Waals surface area contributed by atoms with E-state index in [4.69, 9.17) is 9.94 Å². The van der Waals surface area contributed by atoms with Gasteiger partial charge in [-0.1, -0.05) is 6.92 Å².